The van der Waals surface area contributed by atoms with Crippen molar-refractivity contribution in [3.8, 4) is 5.75 Å². The minimum Gasteiger partial charge on any atom is -0.493 e. The van der Waals surface area contributed by atoms with Gasteiger partial charge in [-0.25, -0.2) is 0 Å². The highest BCUT2D eigenvalue weighted by Gasteiger charge is 2.13. The van der Waals surface area contributed by atoms with E-state index in [0.717, 1.165) is 30.8 Å². The SMILES string of the molecule is OCCc1cccc2c1OCCC2. The fourth-order valence-corrected chi connectivity index (χ4v) is 1.77. The Morgan fingerprint density at radius 2 is 2.31 bits per heavy atom. The summed E-state index contributed by atoms with van der Waals surface area (Å²) >= 11 is 0. The van der Waals surface area contributed by atoms with Crippen molar-refractivity contribution >= 4 is 0 Å². The summed E-state index contributed by atoms with van der Waals surface area (Å²) in [6, 6.07) is 6.17. The lowest BCUT2D eigenvalue weighted by molar-refractivity contribution is 0.274. The molecule has 1 aromatic rings. The highest BCUT2D eigenvalue weighted by Crippen LogP contribution is 2.28. The second kappa shape index (κ2) is 3.79. The normalized spacial score (nSPS) is 14.8. The number of hydrogen-bond donors (Lipinski definition) is 1. The highest BCUT2D eigenvalue weighted by atomic mass is 16.5. The summed E-state index contributed by atoms with van der Waals surface area (Å²) in [5.74, 6) is 1.02. The first-order valence-corrected chi connectivity index (χ1v) is 4.76. The van der Waals surface area contributed by atoms with Crippen molar-refractivity contribution < 1.29 is 9.84 Å². The van der Waals surface area contributed by atoms with Gasteiger partial charge in [0.25, 0.3) is 0 Å². The number of aryl methyl sites for hydroxylation is 1. The third-order valence-electron chi connectivity index (χ3n) is 2.40. The topological polar surface area (TPSA) is 29.5 Å². The van der Waals surface area contributed by atoms with E-state index in [1.807, 2.05) is 12.1 Å². The molecule has 1 aromatic carbocycles. The van der Waals surface area contributed by atoms with Gasteiger partial charge in [0.2, 0.25) is 0 Å². The molecule has 1 aliphatic rings. The summed E-state index contributed by atoms with van der Waals surface area (Å²) < 4.78 is 5.60. The first kappa shape index (κ1) is 8.57. The Labute approximate surface area is 78.2 Å². The van der Waals surface area contributed by atoms with Crippen LogP contribution >= 0.6 is 0 Å². The fourth-order valence-electron chi connectivity index (χ4n) is 1.77. The van der Waals surface area contributed by atoms with Crippen molar-refractivity contribution in [2.45, 2.75) is 19.3 Å². The Hall–Kier alpha value is -1.02. The van der Waals surface area contributed by atoms with E-state index in [0.29, 0.717) is 6.42 Å². The number of ether oxygens (including phenoxy) is 1. The molecule has 0 saturated carbocycles. The van der Waals surface area contributed by atoms with Crippen LogP contribution in [0.25, 0.3) is 0 Å². The Bertz CT molecular complexity index is 294. The monoisotopic (exact) mass is 178 g/mol. The number of rotatable bonds is 2. The second-order valence-corrected chi connectivity index (χ2v) is 3.33. The van der Waals surface area contributed by atoms with Gasteiger partial charge in [-0.05, 0) is 30.4 Å². The fraction of sp³-hybridized carbons (Fsp3) is 0.455. The van der Waals surface area contributed by atoms with Gasteiger partial charge >= 0.3 is 0 Å². The van der Waals surface area contributed by atoms with Crippen LogP contribution in [0.1, 0.15) is 17.5 Å². The number of aliphatic hydroxyl groups excluding tert-OH is 1. The second-order valence-electron chi connectivity index (χ2n) is 3.33. The molecule has 0 fully saturated rings. The summed E-state index contributed by atoms with van der Waals surface area (Å²) in [6.45, 7) is 1.01. The van der Waals surface area contributed by atoms with Gasteiger partial charge in [0, 0.05) is 6.61 Å². The van der Waals surface area contributed by atoms with Gasteiger partial charge in [-0.15, -0.1) is 0 Å². The van der Waals surface area contributed by atoms with Crippen molar-refractivity contribution in [2.24, 2.45) is 0 Å². The number of aliphatic hydroxyl groups is 1. The van der Waals surface area contributed by atoms with Crippen LogP contribution in [0, 0.1) is 0 Å². The minimum atomic E-state index is 0.194. The first-order chi connectivity index (χ1) is 6.42. The number of hydrogen-bond acceptors (Lipinski definition) is 2. The van der Waals surface area contributed by atoms with Crippen LogP contribution in [0.5, 0.6) is 5.75 Å². The molecule has 2 rings (SSSR count). The zero-order valence-corrected chi connectivity index (χ0v) is 7.62. The number of para-hydroxylation sites is 1. The molecule has 0 spiro atoms. The summed E-state index contributed by atoms with van der Waals surface area (Å²) in [5, 5.41) is 8.87. The predicted molar refractivity (Wildman–Crippen MR) is 51.0 cm³/mol. The van der Waals surface area contributed by atoms with Gasteiger partial charge in [-0.1, -0.05) is 18.2 Å². The number of benzene rings is 1. The molecule has 0 aliphatic carbocycles. The molecule has 0 radical (unpaired) electrons. The van der Waals surface area contributed by atoms with Crippen LogP contribution in [-0.2, 0) is 12.8 Å². The highest BCUT2D eigenvalue weighted by molar-refractivity contribution is 5.42. The third kappa shape index (κ3) is 1.68. The molecular weight excluding hydrogens is 164 g/mol. The standard InChI is InChI=1S/C11H14O2/c12-7-6-10-4-1-3-9-5-2-8-13-11(9)10/h1,3-4,12H,2,5-8H2. The molecular formula is C11H14O2. The van der Waals surface area contributed by atoms with Crippen LogP contribution in [-0.4, -0.2) is 18.3 Å². The largest absolute Gasteiger partial charge is 0.493 e. The van der Waals surface area contributed by atoms with E-state index in [9.17, 15) is 0 Å². The van der Waals surface area contributed by atoms with Crippen LogP contribution in [0.2, 0.25) is 0 Å². The van der Waals surface area contributed by atoms with Crippen molar-refractivity contribution in [1.82, 2.24) is 0 Å². The van der Waals surface area contributed by atoms with Gasteiger partial charge in [0.15, 0.2) is 0 Å². The van der Waals surface area contributed by atoms with E-state index in [-0.39, 0.29) is 6.61 Å². The lowest BCUT2D eigenvalue weighted by Gasteiger charge is -2.19. The van der Waals surface area contributed by atoms with E-state index in [4.69, 9.17) is 9.84 Å². The molecule has 0 saturated heterocycles. The summed E-state index contributed by atoms with van der Waals surface area (Å²) in [7, 11) is 0. The molecule has 1 heterocycles. The number of fused-ring (bicyclic) bond motifs is 1. The maximum atomic E-state index is 8.87. The maximum absolute atomic E-state index is 8.87. The maximum Gasteiger partial charge on any atom is 0.125 e. The molecule has 2 heteroatoms. The molecule has 0 amide bonds. The molecule has 13 heavy (non-hydrogen) atoms. The van der Waals surface area contributed by atoms with E-state index < -0.39 is 0 Å². The molecule has 0 aromatic heterocycles. The summed E-state index contributed by atoms with van der Waals surface area (Å²) in [4.78, 5) is 0. The van der Waals surface area contributed by atoms with Crippen molar-refractivity contribution in [3.63, 3.8) is 0 Å². The van der Waals surface area contributed by atoms with E-state index >= 15 is 0 Å². The smallest absolute Gasteiger partial charge is 0.125 e. The Morgan fingerprint density at radius 3 is 3.15 bits per heavy atom. The minimum absolute atomic E-state index is 0.194. The predicted octanol–water partition coefficient (Wildman–Crippen LogP) is 1.55. The molecule has 1 N–H and O–H groups in total. The van der Waals surface area contributed by atoms with Crippen molar-refractivity contribution in [1.29, 1.82) is 0 Å². The van der Waals surface area contributed by atoms with Crippen LogP contribution in [0.4, 0.5) is 0 Å². The Morgan fingerprint density at radius 1 is 1.38 bits per heavy atom. The molecule has 0 bridgehead atoms. The van der Waals surface area contributed by atoms with Gasteiger partial charge in [-0.2, -0.15) is 0 Å². The quantitative estimate of drug-likeness (QED) is 0.744. The first-order valence-electron chi connectivity index (χ1n) is 4.76. The Balaban J connectivity index is 2.34. The van der Waals surface area contributed by atoms with E-state index in [2.05, 4.69) is 6.07 Å². The Kier molecular flexibility index (Phi) is 2.50. The van der Waals surface area contributed by atoms with Crippen molar-refractivity contribution in [3.05, 3.63) is 29.3 Å². The van der Waals surface area contributed by atoms with E-state index in [1.165, 1.54) is 5.56 Å². The van der Waals surface area contributed by atoms with Gasteiger partial charge in [0.1, 0.15) is 5.75 Å². The zero-order valence-electron chi connectivity index (χ0n) is 7.62. The van der Waals surface area contributed by atoms with Gasteiger partial charge in [-0.3, -0.25) is 0 Å². The van der Waals surface area contributed by atoms with Crippen LogP contribution in [0.15, 0.2) is 18.2 Å². The average Bonchev–Trinajstić information content (AvgIpc) is 2.19. The third-order valence-corrected chi connectivity index (χ3v) is 2.40. The summed E-state index contributed by atoms with van der Waals surface area (Å²) in [5.41, 5.74) is 2.43. The molecule has 2 nitrogen and oxygen atoms in total. The summed E-state index contributed by atoms with van der Waals surface area (Å²) in [6.07, 6.45) is 2.91. The molecule has 1 aliphatic heterocycles. The zero-order chi connectivity index (χ0) is 9.10. The lowest BCUT2D eigenvalue weighted by atomic mass is 10.0. The van der Waals surface area contributed by atoms with E-state index in [1.54, 1.807) is 0 Å². The van der Waals surface area contributed by atoms with Crippen molar-refractivity contribution in [2.75, 3.05) is 13.2 Å². The average molecular weight is 178 g/mol. The lowest BCUT2D eigenvalue weighted by Crippen LogP contribution is -2.10. The van der Waals surface area contributed by atoms with Crippen LogP contribution in [0.3, 0.4) is 0 Å². The van der Waals surface area contributed by atoms with Gasteiger partial charge in [0.05, 0.1) is 6.61 Å². The molecule has 70 valence electrons. The molecule has 0 unspecified atom stereocenters. The molecule has 0 atom stereocenters. The van der Waals surface area contributed by atoms with Gasteiger partial charge < -0.3 is 9.84 Å². The van der Waals surface area contributed by atoms with Crippen LogP contribution < -0.4 is 4.74 Å².